The van der Waals surface area contributed by atoms with Crippen molar-refractivity contribution in [2.75, 3.05) is 26.0 Å². The first kappa shape index (κ1) is 23.6. The lowest BCUT2D eigenvalue weighted by atomic mass is 9.98. The molecule has 2 aromatic rings. The van der Waals surface area contributed by atoms with Gasteiger partial charge in [0.2, 0.25) is 17.7 Å². The number of primary amides is 1. The summed E-state index contributed by atoms with van der Waals surface area (Å²) in [4.78, 5) is 12.1. The van der Waals surface area contributed by atoms with Gasteiger partial charge in [-0.25, -0.2) is 8.42 Å². The molecule has 1 fully saturated rings. The lowest BCUT2D eigenvalue weighted by Crippen LogP contribution is -2.53. The van der Waals surface area contributed by atoms with Gasteiger partial charge in [-0.15, -0.1) is 10.2 Å². The van der Waals surface area contributed by atoms with E-state index in [1.165, 1.54) is 12.1 Å². The van der Waals surface area contributed by atoms with Crippen LogP contribution in [-0.4, -0.2) is 55.3 Å². The molecule has 1 aromatic carbocycles. The monoisotopic (exact) mass is 491 g/mol. The van der Waals surface area contributed by atoms with Gasteiger partial charge in [0.1, 0.15) is 5.75 Å². The van der Waals surface area contributed by atoms with Crippen LogP contribution in [0.1, 0.15) is 31.0 Å². The van der Waals surface area contributed by atoms with Gasteiger partial charge >= 0.3 is 0 Å². The molecule has 1 atom stereocenters. The van der Waals surface area contributed by atoms with Gasteiger partial charge < -0.3 is 19.6 Å². The maximum Gasteiger partial charge on any atom is 0.247 e. The fourth-order valence-corrected chi connectivity index (χ4v) is 6.47. The Bertz CT molecular complexity index is 1150. The van der Waals surface area contributed by atoms with Crippen LogP contribution in [0.25, 0.3) is 5.57 Å². The smallest absolute Gasteiger partial charge is 0.247 e. The third-order valence-electron chi connectivity index (χ3n) is 5.74. The molecule has 9 nitrogen and oxygen atoms in total. The molecule has 2 aliphatic rings. The van der Waals surface area contributed by atoms with Gasteiger partial charge in [0.15, 0.2) is 14.6 Å². The number of hydrogen-bond donors (Lipinski definition) is 1. The first-order valence-corrected chi connectivity index (χ1v) is 13.5. The van der Waals surface area contributed by atoms with E-state index >= 15 is 0 Å². The van der Waals surface area contributed by atoms with Crippen LogP contribution in [0.5, 0.6) is 5.75 Å². The topological polar surface area (TPSA) is 135 Å². The number of carbonyl (C=O) groups is 1. The van der Waals surface area contributed by atoms with Crippen LogP contribution in [0.15, 0.2) is 51.5 Å². The van der Waals surface area contributed by atoms with Crippen LogP contribution >= 0.6 is 8.58 Å². The third kappa shape index (κ3) is 5.03. The third-order valence-corrected chi connectivity index (χ3v) is 9.11. The molecule has 2 aliphatic heterocycles. The van der Waals surface area contributed by atoms with Gasteiger partial charge in [-0.3, -0.25) is 4.79 Å². The van der Waals surface area contributed by atoms with E-state index in [0.29, 0.717) is 37.0 Å². The van der Waals surface area contributed by atoms with Gasteiger partial charge in [-0.1, -0.05) is 20.5 Å². The van der Waals surface area contributed by atoms with Gasteiger partial charge in [0.05, 0.1) is 11.5 Å². The van der Waals surface area contributed by atoms with Gasteiger partial charge in [0, 0.05) is 25.2 Å². The summed E-state index contributed by atoms with van der Waals surface area (Å²) in [6.07, 6.45) is 6.41. The molecule has 0 saturated carbocycles. The summed E-state index contributed by atoms with van der Waals surface area (Å²) >= 11 is 0. The van der Waals surface area contributed by atoms with E-state index in [1.54, 1.807) is 12.1 Å². The molecule has 0 aliphatic carbocycles. The van der Waals surface area contributed by atoms with Crippen LogP contribution in [0.4, 0.5) is 0 Å². The highest BCUT2D eigenvalue weighted by Gasteiger charge is 2.51. The Hall–Kier alpha value is -2.55. The Balaban J connectivity index is 1.32. The fraction of sp³-hybridized carbons (Fsp3) is 0.409. The zero-order valence-corrected chi connectivity index (χ0v) is 19.8. The second-order valence-corrected chi connectivity index (χ2v) is 11.2. The second-order valence-electron chi connectivity index (χ2n) is 7.80. The highest BCUT2D eigenvalue weighted by molar-refractivity contribution is 7.93. The number of rotatable bonds is 9. The number of ether oxygens (including phenoxy) is 2. The van der Waals surface area contributed by atoms with E-state index in [4.69, 9.17) is 19.6 Å². The van der Waals surface area contributed by atoms with Crippen molar-refractivity contribution in [2.24, 2.45) is 5.73 Å². The van der Waals surface area contributed by atoms with E-state index in [0.717, 1.165) is 20.3 Å². The quantitative estimate of drug-likeness (QED) is 0.418. The number of benzene rings is 1. The summed E-state index contributed by atoms with van der Waals surface area (Å²) in [6.45, 7) is 0.759. The van der Waals surface area contributed by atoms with Gasteiger partial charge in [0.25, 0.3) is 0 Å². The summed E-state index contributed by atoms with van der Waals surface area (Å²) in [5.41, 5.74) is 6.46. The zero-order chi connectivity index (χ0) is 23.3. The second kappa shape index (κ2) is 10.2. The molecule has 0 bridgehead atoms. The summed E-state index contributed by atoms with van der Waals surface area (Å²) in [7, 11) is -3.16. The summed E-state index contributed by atoms with van der Waals surface area (Å²) in [6, 6.07) is 6.05. The highest BCUT2D eigenvalue weighted by Crippen LogP contribution is 2.35. The Morgan fingerprint density at radius 2 is 1.94 bits per heavy atom. The average Bonchev–Trinajstić information content (AvgIpc) is 3.32. The maximum atomic E-state index is 13.2. The minimum atomic E-state index is -3.95. The molecule has 0 radical (unpaired) electrons. The molecule has 1 saturated heterocycles. The Labute approximate surface area is 194 Å². The minimum Gasteiger partial charge on any atom is -0.494 e. The van der Waals surface area contributed by atoms with E-state index in [9.17, 15) is 13.2 Å². The van der Waals surface area contributed by atoms with Crippen molar-refractivity contribution in [3.05, 3.63) is 54.0 Å². The first-order chi connectivity index (χ1) is 15.9. The molecule has 1 aromatic heterocycles. The van der Waals surface area contributed by atoms with Crippen molar-refractivity contribution >= 4 is 29.9 Å². The van der Waals surface area contributed by atoms with Crippen LogP contribution in [-0.2, 0) is 25.8 Å². The van der Waals surface area contributed by atoms with E-state index in [1.807, 2.05) is 6.08 Å². The number of aryl methyl sites for hydroxylation is 1. The predicted molar refractivity (Wildman–Crippen MR) is 124 cm³/mol. The molecule has 1 unspecified atom stereocenters. The normalized spacial score (nSPS) is 18.7. The first-order valence-electron chi connectivity index (χ1n) is 10.7. The number of amides is 1. The molecular weight excluding hydrogens is 465 g/mol. The number of sulfone groups is 1. The number of nitrogens with zero attached hydrogens (tertiary/aromatic N) is 2. The number of hydrogen-bond acceptors (Lipinski definition) is 8. The minimum absolute atomic E-state index is 0.0422. The van der Waals surface area contributed by atoms with E-state index in [-0.39, 0.29) is 31.0 Å². The van der Waals surface area contributed by atoms with Crippen molar-refractivity contribution in [2.45, 2.75) is 35.3 Å². The molecular formula is C22H26N3O6PS. The lowest BCUT2D eigenvalue weighted by Gasteiger charge is -2.33. The van der Waals surface area contributed by atoms with E-state index in [2.05, 4.69) is 22.1 Å². The summed E-state index contributed by atoms with van der Waals surface area (Å²) in [5.74, 6) is 2.87. The Morgan fingerprint density at radius 3 is 2.61 bits per heavy atom. The number of carbonyl (C=O) groups excluding carboxylic acids is 1. The van der Waals surface area contributed by atoms with Gasteiger partial charge in [-0.2, -0.15) is 0 Å². The van der Waals surface area contributed by atoms with Crippen molar-refractivity contribution in [3.8, 4) is 5.75 Å². The standard InChI is InChI=1S/C22H26N3O6PS/c23-21(26)22(9-12-29-13-10-22)33(27,28)18-5-3-17(4-6-18)30-11-1-2-19-24-25-20(31-19)16-7-14-32-15-8-16/h3-8,14,32H,1-2,9-13,15H2,(H2,23,26). The molecule has 11 heteroatoms. The molecule has 3 heterocycles. The Morgan fingerprint density at radius 1 is 1.18 bits per heavy atom. The maximum absolute atomic E-state index is 13.2. The van der Waals surface area contributed by atoms with Crippen molar-refractivity contribution in [3.63, 3.8) is 0 Å². The summed E-state index contributed by atoms with van der Waals surface area (Å²) in [5, 5.41) is 8.18. The SMILES string of the molecule is NC(=O)C1(S(=O)(=O)c2ccc(OCCCc3nnc(C4=CCPC=C4)o3)cc2)CCOCC1. The molecule has 176 valence electrons. The zero-order valence-electron chi connectivity index (χ0n) is 18.0. The molecule has 2 N–H and O–H groups in total. The van der Waals surface area contributed by atoms with Crippen LogP contribution in [0.3, 0.4) is 0 Å². The average molecular weight is 492 g/mol. The van der Waals surface area contributed by atoms with Crippen LogP contribution in [0.2, 0.25) is 0 Å². The fourth-order valence-electron chi connectivity index (χ4n) is 3.79. The molecule has 33 heavy (non-hydrogen) atoms. The van der Waals surface area contributed by atoms with Crippen molar-refractivity contribution < 1.29 is 27.1 Å². The van der Waals surface area contributed by atoms with Gasteiger partial charge in [-0.05, 0) is 55.8 Å². The van der Waals surface area contributed by atoms with Crippen LogP contribution in [0, 0.1) is 0 Å². The van der Waals surface area contributed by atoms with Crippen molar-refractivity contribution in [1.82, 2.24) is 10.2 Å². The number of nitrogens with two attached hydrogens (primary N) is 1. The molecule has 0 spiro atoms. The predicted octanol–water partition coefficient (Wildman–Crippen LogP) is 2.48. The molecule has 4 rings (SSSR count). The molecule has 1 amide bonds. The van der Waals surface area contributed by atoms with Crippen LogP contribution < -0.4 is 10.5 Å². The van der Waals surface area contributed by atoms with E-state index < -0.39 is 20.5 Å². The summed E-state index contributed by atoms with van der Waals surface area (Å²) < 4.78 is 41.4. The highest BCUT2D eigenvalue weighted by atomic mass is 32.2. The number of allylic oxidation sites excluding steroid dienone is 3. The lowest BCUT2D eigenvalue weighted by molar-refractivity contribution is -0.122. The Kier molecular flexibility index (Phi) is 7.26. The van der Waals surface area contributed by atoms with Crippen molar-refractivity contribution in [1.29, 1.82) is 0 Å². The number of aromatic nitrogens is 2. The largest absolute Gasteiger partial charge is 0.494 e.